The molecule has 0 saturated heterocycles. The quantitative estimate of drug-likeness (QED) is 0.519. The lowest BCUT2D eigenvalue weighted by molar-refractivity contribution is 0.809. The molecule has 120 valence electrons. The Morgan fingerprint density at radius 3 is 2.67 bits per heavy atom. The molecule has 0 spiro atoms. The predicted molar refractivity (Wildman–Crippen MR) is 95.7 cm³/mol. The summed E-state index contributed by atoms with van der Waals surface area (Å²) in [7, 11) is 0. The molecule has 8 heteroatoms. The summed E-state index contributed by atoms with van der Waals surface area (Å²) >= 11 is 3.41. The average molecular weight is 385 g/mol. The van der Waals surface area contributed by atoms with Gasteiger partial charge in [0, 0.05) is 10.2 Å². The first-order valence-electron chi connectivity index (χ1n) is 7.23. The molecule has 0 aliphatic carbocycles. The van der Waals surface area contributed by atoms with Gasteiger partial charge in [0.25, 0.3) is 5.56 Å². The Morgan fingerprint density at radius 1 is 1.17 bits per heavy atom. The molecular formula is C16H13BrN6O. The van der Waals surface area contributed by atoms with Crippen molar-refractivity contribution >= 4 is 32.7 Å². The van der Waals surface area contributed by atoms with Gasteiger partial charge in [0.05, 0.1) is 16.9 Å². The SMILES string of the molecule is Cc1[nH]n(-c2ccc(N)cc2)c(=O)c1-n1nnc2cc(Br)ccc21. The largest absolute Gasteiger partial charge is 0.399 e. The van der Waals surface area contributed by atoms with E-state index in [2.05, 4.69) is 31.3 Å². The van der Waals surface area contributed by atoms with E-state index >= 15 is 0 Å². The Bertz CT molecular complexity index is 1110. The van der Waals surface area contributed by atoms with Crippen molar-refractivity contribution in [1.29, 1.82) is 0 Å². The lowest BCUT2D eigenvalue weighted by atomic mass is 10.3. The van der Waals surface area contributed by atoms with Gasteiger partial charge in [-0.15, -0.1) is 5.10 Å². The number of fused-ring (bicyclic) bond motifs is 1. The normalized spacial score (nSPS) is 11.2. The monoisotopic (exact) mass is 384 g/mol. The highest BCUT2D eigenvalue weighted by Crippen LogP contribution is 2.20. The summed E-state index contributed by atoms with van der Waals surface area (Å²) in [6.45, 7) is 1.83. The third-order valence-corrected chi connectivity index (χ3v) is 4.30. The molecule has 0 bridgehead atoms. The van der Waals surface area contributed by atoms with Crippen LogP contribution in [0.1, 0.15) is 5.69 Å². The molecule has 3 N–H and O–H groups in total. The number of nitrogens with one attached hydrogen (secondary N) is 1. The van der Waals surface area contributed by atoms with Crippen molar-refractivity contribution in [2.24, 2.45) is 0 Å². The van der Waals surface area contributed by atoms with Crippen molar-refractivity contribution in [3.8, 4) is 11.4 Å². The maximum absolute atomic E-state index is 12.9. The fourth-order valence-corrected chi connectivity index (χ4v) is 3.00. The summed E-state index contributed by atoms with van der Waals surface area (Å²) in [4.78, 5) is 12.9. The fourth-order valence-electron chi connectivity index (χ4n) is 2.65. The smallest absolute Gasteiger partial charge is 0.297 e. The molecule has 0 unspecified atom stereocenters. The van der Waals surface area contributed by atoms with E-state index in [0.29, 0.717) is 28.3 Å². The fraction of sp³-hybridized carbons (Fsp3) is 0.0625. The Morgan fingerprint density at radius 2 is 1.92 bits per heavy atom. The van der Waals surface area contributed by atoms with E-state index in [1.807, 2.05) is 25.1 Å². The molecule has 2 aromatic carbocycles. The number of hydrogen-bond acceptors (Lipinski definition) is 4. The number of aromatic amines is 1. The summed E-state index contributed by atoms with van der Waals surface area (Å²) in [5.74, 6) is 0. The summed E-state index contributed by atoms with van der Waals surface area (Å²) < 4.78 is 3.94. The third kappa shape index (κ3) is 2.23. The topological polar surface area (TPSA) is 94.5 Å². The van der Waals surface area contributed by atoms with E-state index in [4.69, 9.17) is 5.73 Å². The number of hydrogen-bond donors (Lipinski definition) is 2. The van der Waals surface area contributed by atoms with Crippen LogP contribution in [0.2, 0.25) is 0 Å². The van der Waals surface area contributed by atoms with Crippen LogP contribution in [0.5, 0.6) is 0 Å². The summed E-state index contributed by atoms with van der Waals surface area (Å²) in [5, 5.41) is 11.4. The summed E-state index contributed by atoms with van der Waals surface area (Å²) in [6.07, 6.45) is 0. The molecule has 0 aliphatic rings. The molecule has 2 aromatic heterocycles. The zero-order chi connectivity index (χ0) is 16.8. The lowest BCUT2D eigenvalue weighted by Gasteiger charge is -2.01. The van der Waals surface area contributed by atoms with Crippen LogP contribution in [0.4, 0.5) is 5.69 Å². The van der Waals surface area contributed by atoms with Gasteiger partial charge in [0.2, 0.25) is 0 Å². The molecule has 0 fully saturated rings. The molecule has 0 saturated carbocycles. The molecule has 7 nitrogen and oxygen atoms in total. The summed E-state index contributed by atoms with van der Waals surface area (Å²) in [6, 6.07) is 12.7. The zero-order valence-corrected chi connectivity index (χ0v) is 14.3. The first-order chi connectivity index (χ1) is 11.5. The Labute approximate surface area is 144 Å². The van der Waals surface area contributed by atoms with Crippen molar-refractivity contribution in [2.75, 3.05) is 5.73 Å². The third-order valence-electron chi connectivity index (χ3n) is 3.81. The van der Waals surface area contributed by atoms with Gasteiger partial charge in [-0.3, -0.25) is 9.89 Å². The Kier molecular flexibility index (Phi) is 3.27. The van der Waals surface area contributed by atoms with Gasteiger partial charge in [-0.05, 0) is 49.4 Å². The van der Waals surface area contributed by atoms with Crippen LogP contribution in [0, 0.1) is 6.92 Å². The van der Waals surface area contributed by atoms with Gasteiger partial charge in [-0.2, -0.15) is 0 Å². The number of rotatable bonds is 2. The predicted octanol–water partition coefficient (Wildman–Crippen LogP) is 2.55. The minimum Gasteiger partial charge on any atom is -0.399 e. The highest BCUT2D eigenvalue weighted by Gasteiger charge is 2.18. The number of aryl methyl sites for hydroxylation is 1. The number of nitrogen functional groups attached to an aromatic ring is 1. The van der Waals surface area contributed by atoms with Crippen molar-refractivity contribution in [3.63, 3.8) is 0 Å². The van der Waals surface area contributed by atoms with Gasteiger partial charge in [-0.1, -0.05) is 21.1 Å². The van der Waals surface area contributed by atoms with Crippen LogP contribution >= 0.6 is 15.9 Å². The highest BCUT2D eigenvalue weighted by atomic mass is 79.9. The van der Waals surface area contributed by atoms with Crippen LogP contribution in [0.3, 0.4) is 0 Å². The second-order valence-electron chi connectivity index (χ2n) is 5.45. The number of nitrogens with zero attached hydrogens (tertiary/aromatic N) is 4. The first-order valence-corrected chi connectivity index (χ1v) is 8.03. The van der Waals surface area contributed by atoms with E-state index in [9.17, 15) is 4.79 Å². The molecule has 0 atom stereocenters. The molecule has 24 heavy (non-hydrogen) atoms. The van der Waals surface area contributed by atoms with Crippen molar-refractivity contribution in [2.45, 2.75) is 6.92 Å². The van der Waals surface area contributed by atoms with Gasteiger partial charge in [-0.25, -0.2) is 9.36 Å². The molecule has 0 radical (unpaired) electrons. The average Bonchev–Trinajstić information content (AvgIpc) is 3.08. The molecule has 0 aliphatic heterocycles. The maximum atomic E-state index is 12.9. The Hall–Kier alpha value is -2.87. The summed E-state index contributed by atoms with van der Waals surface area (Å²) in [5.41, 5.74) is 9.47. The van der Waals surface area contributed by atoms with Crippen LogP contribution < -0.4 is 11.3 Å². The molecule has 2 heterocycles. The van der Waals surface area contributed by atoms with Crippen LogP contribution in [0.15, 0.2) is 51.7 Å². The van der Waals surface area contributed by atoms with E-state index < -0.39 is 0 Å². The van der Waals surface area contributed by atoms with E-state index in [1.54, 1.807) is 28.9 Å². The highest BCUT2D eigenvalue weighted by molar-refractivity contribution is 9.10. The number of nitrogens with two attached hydrogens (primary N) is 1. The van der Waals surface area contributed by atoms with Gasteiger partial charge in [0.1, 0.15) is 5.52 Å². The first kappa shape index (κ1) is 14.7. The van der Waals surface area contributed by atoms with E-state index in [-0.39, 0.29) is 5.56 Å². The van der Waals surface area contributed by atoms with E-state index in [0.717, 1.165) is 9.99 Å². The molecule has 4 aromatic rings. The van der Waals surface area contributed by atoms with Crippen molar-refractivity contribution in [1.82, 2.24) is 24.8 Å². The zero-order valence-electron chi connectivity index (χ0n) is 12.7. The lowest BCUT2D eigenvalue weighted by Crippen LogP contribution is -2.19. The molecule has 0 amide bonds. The Balaban J connectivity index is 1.93. The van der Waals surface area contributed by atoms with Crippen LogP contribution in [-0.2, 0) is 0 Å². The number of benzene rings is 2. The van der Waals surface area contributed by atoms with Crippen LogP contribution in [0.25, 0.3) is 22.4 Å². The minimum atomic E-state index is -0.202. The second kappa shape index (κ2) is 5.34. The second-order valence-corrected chi connectivity index (χ2v) is 6.37. The maximum Gasteiger partial charge on any atom is 0.297 e. The molecule has 4 rings (SSSR count). The van der Waals surface area contributed by atoms with Gasteiger partial charge >= 0.3 is 0 Å². The number of halogens is 1. The van der Waals surface area contributed by atoms with Crippen molar-refractivity contribution < 1.29 is 0 Å². The van der Waals surface area contributed by atoms with Crippen molar-refractivity contribution in [3.05, 3.63) is 63.0 Å². The van der Waals surface area contributed by atoms with Gasteiger partial charge in [0.15, 0.2) is 5.69 Å². The minimum absolute atomic E-state index is 0.202. The van der Waals surface area contributed by atoms with Gasteiger partial charge < -0.3 is 5.73 Å². The number of aromatic nitrogens is 5. The van der Waals surface area contributed by atoms with E-state index in [1.165, 1.54) is 4.68 Å². The number of H-pyrrole nitrogens is 1. The standard InChI is InChI=1S/C16H13BrN6O/c1-9-15(23-14-7-2-10(17)8-13(14)19-21-23)16(24)22(20-9)12-5-3-11(18)4-6-12/h2-8,20H,18H2,1H3. The number of anilines is 1. The molecular weight excluding hydrogens is 372 g/mol. The van der Waals surface area contributed by atoms with Crippen LogP contribution in [-0.4, -0.2) is 24.8 Å².